The number of rotatable bonds is 2. The minimum absolute atomic E-state index is 0.129. The van der Waals surface area contributed by atoms with Crippen molar-refractivity contribution in [3.8, 4) is 5.75 Å². The van der Waals surface area contributed by atoms with Crippen molar-refractivity contribution in [2.45, 2.75) is 38.0 Å². The lowest BCUT2D eigenvalue weighted by Gasteiger charge is -2.35. The Morgan fingerprint density at radius 1 is 1.00 bits per heavy atom. The van der Waals surface area contributed by atoms with Gasteiger partial charge in [0.25, 0.3) is 0 Å². The number of benzene rings is 3. The summed E-state index contributed by atoms with van der Waals surface area (Å²) in [5, 5.41) is 2.81. The summed E-state index contributed by atoms with van der Waals surface area (Å²) in [6.07, 6.45) is 1.55. The van der Waals surface area contributed by atoms with E-state index < -0.39 is 5.41 Å². The molecule has 0 spiro atoms. The molecular formula is C26H20Cl2N2O2. The Kier molecular flexibility index (Phi) is 4.15. The minimum atomic E-state index is -0.864. The van der Waals surface area contributed by atoms with Gasteiger partial charge in [-0.25, -0.2) is 9.97 Å². The molecule has 4 nitrogen and oxygen atoms in total. The van der Waals surface area contributed by atoms with Crippen molar-refractivity contribution in [2.24, 2.45) is 5.41 Å². The molecule has 1 fully saturated rings. The maximum Gasteiger partial charge on any atom is 0.324 e. The normalized spacial score (nSPS) is 22.9. The standard InChI is InChI=1S/C26H20Cl2N2O2/c1-25(2)16-10-11-26(25,23-22(16)29-19-12-17(27)18(28)13-20(19)30-23)24(31)32-21-9-5-7-14-6-3-4-8-15(14)21/h3-9,12-13,16H,10-11H2,1-2H3. The molecule has 6 heteroatoms. The Hall–Kier alpha value is -2.69. The molecule has 3 aromatic carbocycles. The van der Waals surface area contributed by atoms with Crippen molar-refractivity contribution >= 4 is 51.0 Å². The Bertz CT molecular complexity index is 1440. The van der Waals surface area contributed by atoms with Crippen LogP contribution in [-0.4, -0.2) is 15.9 Å². The molecule has 2 aliphatic rings. The molecule has 2 aliphatic carbocycles. The number of fused-ring (bicyclic) bond motifs is 7. The first kappa shape index (κ1) is 20.0. The summed E-state index contributed by atoms with van der Waals surface area (Å²) in [4.78, 5) is 23.8. The van der Waals surface area contributed by atoms with Gasteiger partial charge in [-0.3, -0.25) is 4.79 Å². The average Bonchev–Trinajstić information content (AvgIpc) is 3.15. The fourth-order valence-corrected chi connectivity index (χ4v) is 6.12. The van der Waals surface area contributed by atoms with Crippen LogP contribution < -0.4 is 4.74 Å². The summed E-state index contributed by atoms with van der Waals surface area (Å²) in [7, 11) is 0. The number of ether oxygens (including phenoxy) is 1. The topological polar surface area (TPSA) is 52.1 Å². The predicted octanol–water partition coefficient (Wildman–Crippen LogP) is 6.85. The number of esters is 1. The van der Waals surface area contributed by atoms with Crippen molar-refractivity contribution in [2.75, 3.05) is 0 Å². The highest BCUT2D eigenvalue weighted by atomic mass is 35.5. The lowest BCUT2D eigenvalue weighted by atomic mass is 9.68. The SMILES string of the molecule is CC1(C)C2CCC1(C(=O)Oc1cccc3ccccc13)c1nc3cc(Cl)c(Cl)cc3nc12. The fourth-order valence-electron chi connectivity index (χ4n) is 5.80. The van der Waals surface area contributed by atoms with Crippen LogP contribution in [0.4, 0.5) is 0 Å². The largest absolute Gasteiger partial charge is 0.425 e. The molecule has 0 N–H and O–H groups in total. The maximum absolute atomic E-state index is 13.9. The molecule has 0 saturated heterocycles. The van der Waals surface area contributed by atoms with E-state index in [1.54, 1.807) is 12.1 Å². The van der Waals surface area contributed by atoms with Crippen molar-refractivity contribution in [3.05, 3.63) is 76.0 Å². The zero-order chi connectivity index (χ0) is 22.3. The van der Waals surface area contributed by atoms with Crippen molar-refractivity contribution in [1.29, 1.82) is 0 Å². The van der Waals surface area contributed by atoms with E-state index in [0.29, 0.717) is 33.2 Å². The molecule has 2 unspecified atom stereocenters. The Morgan fingerprint density at radius 2 is 1.69 bits per heavy atom. The van der Waals surface area contributed by atoms with Crippen molar-refractivity contribution in [1.82, 2.24) is 9.97 Å². The summed E-state index contributed by atoms with van der Waals surface area (Å²) < 4.78 is 6.13. The van der Waals surface area contributed by atoms with Crippen LogP contribution in [0.5, 0.6) is 5.75 Å². The van der Waals surface area contributed by atoms with Gasteiger partial charge in [0.2, 0.25) is 0 Å². The predicted molar refractivity (Wildman–Crippen MR) is 127 cm³/mol. The molecule has 2 atom stereocenters. The van der Waals surface area contributed by atoms with Gasteiger partial charge in [-0.05, 0) is 41.8 Å². The highest BCUT2D eigenvalue weighted by molar-refractivity contribution is 6.42. The van der Waals surface area contributed by atoms with Crippen molar-refractivity contribution in [3.63, 3.8) is 0 Å². The smallest absolute Gasteiger partial charge is 0.324 e. The van der Waals surface area contributed by atoms with Gasteiger partial charge < -0.3 is 4.74 Å². The number of carbonyl (C=O) groups is 1. The van der Waals surface area contributed by atoms with Gasteiger partial charge in [0.15, 0.2) is 0 Å². The summed E-state index contributed by atoms with van der Waals surface area (Å²) in [6, 6.07) is 17.1. The lowest BCUT2D eigenvalue weighted by molar-refractivity contribution is -0.144. The monoisotopic (exact) mass is 462 g/mol. The molecule has 0 radical (unpaired) electrons. The van der Waals surface area contributed by atoms with Gasteiger partial charge in [-0.15, -0.1) is 0 Å². The number of halogens is 2. The van der Waals surface area contributed by atoms with Crippen LogP contribution in [0, 0.1) is 5.41 Å². The first-order valence-corrected chi connectivity index (χ1v) is 11.5. The van der Waals surface area contributed by atoms with Gasteiger partial charge >= 0.3 is 5.97 Å². The second-order valence-electron chi connectivity index (χ2n) is 9.30. The third-order valence-corrected chi connectivity index (χ3v) is 8.27. The zero-order valence-corrected chi connectivity index (χ0v) is 19.2. The second kappa shape index (κ2) is 6.66. The first-order chi connectivity index (χ1) is 15.3. The van der Waals surface area contributed by atoms with E-state index >= 15 is 0 Å². The van der Waals surface area contributed by atoms with Gasteiger partial charge in [0.1, 0.15) is 11.2 Å². The first-order valence-electron chi connectivity index (χ1n) is 10.7. The summed E-state index contributed by atoms with van der Waals surface area (Å²) in [6.45, 7) is 4.26. The third kappa shape index (κ3) is 2.48. The van der Waals surface area contributed by atoms with Crippen LogP contribution in [0.25, 0.3) is 21.8 Å². The summed E-state index contributed by atoms with van der Waals surface area (Å²) in [5.74, 6) is 0.427. The fraction of sp³-hybridized carbons (Fsp3) is 0.269. The molecule has 6 rings (SSSR count). The van der Waals surface area contributed by atoms with Crippen LogP contribution in [0.3, 0.4) is 0 Å². The number of nitrogens with zero attached hydrogens (tertiary/aromatic N) is 2. The minimum Gasteiger partial charge on any atom is -0.425 e. The number of carbonyl (C=O) groups excluding carboxylic acids is 1. The molecule has 0 aliphatic heterocycles. The van der Waals surface area contributed by atoms with Crippen LogP contribution in [0.15, 0.2) is 54.6 Å². The van der Waals surface area contributed by atoms with E-state index in [4.69, 9.17) is 37.9 Å². The molecule has 1 aromatic heterocycles. The Balaban J connectivity index is 1.52. The Labute approximate surface area is 195 Å². The highest BCUT2D eigenvalue weighted by Gasteiger charge is 2.69. The van der Waals surface area contributed by atoms with E-state index in [2.05, 4.69) is 13.8 Å². The van der Waals surface area contributed by atoms with E-state index in [-0.39, 0.29) is 17.3 Å². The number of hydrogen-bond donors (Lipinski definition) is 0. The molecular weight excluding hydrogens is 443 g/mol. The molecule has 0 amide bonds. The van der Waals surface area contributed by atoms with E-state index in [1.165, 1.54) is 0 Å². The van der Waals surface area contributed by atoms with E-state index in [1.807, 2.05) is 42.5 Å². The van der Waals surface area contributed by atoms with Crippen LogP contribution in [0.1, 0.15) is 44.0 Å². The molecule has 160 valence electrons. The molecule has 4 aromatic rings. The van der Waals surface area contributed by atoms with Gasteiger partial charge in [-0.2, -0.15) is 0 Å². The van der Waals surface area contributed by atoms with Crippen LogP contribution >= 0.6 is 23.2 Å². The summed E-state index contributed by atoms with van der Waals surface area (Å²) >= 11 is 12.5. The van der Waals surface area contributed by atoms with Crippen molar-refractivity contribution < 1.29 is 9.53 Å². The lowest BCUT2D eigenvalue weighted by Crippen LogP contribution is -2.46. The summed E-state index contributed by atoms with van der Waals surface area (Å²) in [5.41, 5.74) is 1.69. The van der Waals surface area contributed by atoms with Gasteiger partial charge in [-0.1, -0.05) is 73.4 Å². The van der Waals surface area contributed by atoms with Gasteiger partial charge in [0.05, 0.1) is 32.5 Å². The zero-order valence-electron chi connectivity index (χ0n) is 17.7. The van der Waals surface area contributed by atoms with Crippen LogP contribution in [-0.2, 0) is 10.2 Å². The van der Waals surface area contributed by atoms with E-state index in [9.17, 15) is 4.79 Å². The molecule has 1 saturated carbocycles. The number of hydrogen-bond acceptors (Lipinski definition) is 4. The quantitative estimate of drug-likeness (QED) is 0.241. The van der Waals surface area contributed by atoms with Gasteiger partial charge in [0, 0.05) is 11.3 Å². The molecule has 1 heterocycles. The molecule has 32 heavy (non-hydrogen) atoms. The highest BCUT2D eigenvalue weighted by Crippen LogP contribution is 2.67. The average molecular weight is 463 g/mol. The molecule has 2 bridgehead atoms. The maximum atomic E-state index is 13.9. The third-order valence-electron chi connectivity index (χ3n) is 7.55. The second-order valence-corrected chi connectivity index (χ2v) is 10.1. The van der Waals surface area contributed by atoms with E-state index in [0.717, 1.165) is 28.6 Å². The van der Waals surface area contributed by atoms with Crippen LogP contribution in [0.2, 0.25) is 10.0 Å². The number of aromatic nitrogens is 2. The Morgan fingerprint density at radius 3 is 2.47 bits per heavy atom.